The Morgan fingerprint density at radius 3 is 2.60 bits per heavy atom. The second-order valence-electron chi connectivity index (χ2n) is 2.51. The van der Waals surface area contributed by atoms with Gasteiger partial charge in [0.25, 0.3) is 0 Å². The molecule has 1 saturated heterocycles. The summed E-state index contributed by atoms with van der Waals surface area (Å²) in [5.41, 5.74) is 5.26. The number of hydrogen-bond donors (Lipinski definition) is 3. The van der Waals surface area contributed by atoms with E-state index in [1.807, 2.05) is 0 Å². The first-order chi connectivity index (χ1) is 4.74. The molecule has 0 saturated carbocycles. The second-order valence-corrected chi connectivity index (χ2v) is 2.51. The minimum Gasteiger partial charge on any atom is -0.390 e. The van der Waals surface area contributed by atoms with Gasteiger partial charge in [-0.15, -0.1) is 0 Å². The maximum Gasteiger partial charge on any atom is 0.155 e. The first-order valence-electron chi connectivity index (χ1n) is 3.45. The van der Waals surface area contributed by atoms with Crippen LogP contribution in [-0.4, -0.2) is 35.3 Å². The molecule has 0 aromatic carbocycles. The molecule has 0 spiro atoms. The molecule has 3 unspecified atom stereocenters. The molecule has 1 rings (SSSR count). The Morgan fingerprint density at radius 1 is 1.40 bits per heavy atom. The third-order valence-electron chi connectivity index (χ3n) is 1.70. The third kappa shape index (κ3) is 1.67. The summed E-state index contributed by atoms with van der Waals surface area (Å²) in [4.78, 5) is 0. The van der Waals surface area contributed by atoms with Gasteiger partial charge in [-0.25, -0.2) is 0 Å². The van der Waals surface area contributed by atoms with E-state index in [0.29, 0.717) is 12.8 Å². The summed E-state index contributed by atoms with van der Waals surface area (Å²) in [7, 11) is 0. The van der Waals surface area contributed by atoms with Crippen LogP contribution in [0.3, 0.4) is 0 Å². The monoisotopic (exact) mass is 147 g/mol. The largest absolute Gasteiger partial charge is 0.390 e. The zero-order valence-electron chi connectivity index (χ0n) is 5.73. The number of aliphatic hydroxyl groups is 2. The summed E-state index contributed by atoms with van der Waals surface area (Å²) in [6.45, 7) is 0.262. The molecule has 4 nitrogen and oxygen atoms in total. The van der Waals surface area contributed by atoms with Crippen LogP contribution in [0, 0.1) is 0 Å². The lowest BCUT2D eigenvalue weighted by atomic mass is 10.1. The van der Waals surface area contributed by atoms with E-state index in [1.165, 1.54) is 0 Å². The maximum absolute atomic E-state index is 9.17. The molecular weight excluding hydrogens is 134 g/mol. The van der Waals surface area contributed by atoms with E-state index in [9.17, 15) is 5.11 Å². The number of aliphatic hydroxyl groups excluding tert-OH is 2. The molecule has 4 N–H and O–H groups in total. The average Bonchev–Trinajstić information content (AvgIpc) is 1.94. The van der Waals surface area contributed by atoms with Crippen LogP contribution < -0.4 is 5.73 Å². The van der Waals surface area contributed by atoms with Crippen LogP contribution in [0.1, 0.15) is 12.8 Å². The molecule has 1 aliphatic rings. The first-order valence-corrected chi connectivity index (χ1v) is 3.45. The summed E-state index contributed by atoms with van der Waals surface area (Å²) < 4.78 is 4.93. The molecule has 0 aromatic heterocycles. The minimum atomic E-state index is -0.739. The van der Waals surface area contributed by atoms with E-state index in [-0.39, 0.29) is 12.6 Å². The van der Waals surface area contributed by atoms with Crippen molar-refractivity contribution in [1.29, 1.82) is 0 Å². The fraction of sp³-hybridized carbons (Fsp3) is 1.00. The molecule has 0 amide bonds. The van der Waals surface area contributed by atoms with Gasteiger partial charge in [-0.2, -0.15) is 0 Å². The highest BCUT2D eigenvalue weighted by Gasteiger charge is 2.27. The van der Waals surface area contributed by atoms with Gasteiger partial charge in [0.05, 0.1) is 12.2 Å². The Morgan fingerprint density at radius 2 is 2.10 bits per heavy atom. The van der Waals surface area contributed by atoms with Crippen molar-refractivity contribution in [2.75, 3.05) is 6.54 Å². The molecule has 3 atom stereocenters. The third-order valence-corrected chi connectivity index (χ3v) is 1.70. The van der Waals surface area contributed by atoms with Gasteiger partial charge < -0.3 is 20.7 Å². The predicted octanol–water partition coefficient (Wildman–Crippen LogP) is -1.20. The normalized spacial score (nSPS) is 41.7. The Hall–Kier alpha value is -0.160. The quantitative estimate of drug-likeness (QED) is 0.435. The average molecular weight is 147 g/mol. The maximum atomic E-state index is 9.17. The lowest BCUT2D eigenvalue weighted by molar-refractivity contribution is -0.194. The molecule has 0 aliphatic carbocycles. The molecule has 0 aromatic rings. The molecule has 60 valence electrons. The van der Waals surface area contributed by atoms with Crippen molar-refractivity contribution in [1.82, 2.24) is 0 Å². The van der Waals surface area contributed by atoms with Crippen LogP contribution in [0.4, 0.5) is 0 Å². The van der Waals surface area contributed by atoms with Crippen molar-refractivity contribution in [3.05, 3.63) is 0 Å². The number of rotatable bonds is 1. The fourth-order valence-electron chi connectivity index (χ4n) is 1.07. The van der Waals surface area contributed by atoms with Crippen molar-refractivity contribution in [2.24, 2.45) is 5.73 Å². The van der Waals surface area contributed by atoms with Gasteiger partial charge in [0.1, 0.15) is 0 Å². The van der Waals surface area contributed by atoms with E-state index in [0.717, 1.165) is 0 Å². The summed E-state index contributed by atoms with van der Waals surface area (Å²) in [5.74, 6) is 0. The zero-order valence-corrected chi connectivity index (χ0v) is 5.73. The van der Waals surface area contributed by atoms with Crippen LogP contribution >= 0.6 is 0 Å². The molecule has 0 radical (unpaired) electrons. The molecular formula is C6H13NO3. The van der Waals surface area contributed by atoms with Gasteiger partial charge in [-0.3, -0.25) is 0 Å². The summed E-state index contributed by atoms with van der Waals surface area (Å²) >= 11 is 0. The highest BCUT2D eigenvalue weighted by molar-refractivity contribution is 4.75. The Labute approximate surface area is 59.6 Å². The van der Waals surface area contributed by atoms with Gasteiger partial charge in [0.15, 0.2) is 6.29 Å². The molecule has 4 heteroatoms. The first kappa shape index (κ1) is 7.94. The highest BCUT2D eigenvalue weighted by atomic mass is 16.6. The molecule has 0 bridgehead atoms. The van der Waals surface area contributed by atoms with Crippen LogP contribution in [0.15, 0.2) is 0 Å². The lowest BCUT2D eigenvalue weighted by Crippen LogP contribution is -2.43. The predicted molar refractivity (Wildman–Crippen MR) is 35.2 cm³/mol. The fourth-order valence-corrected chi connectivity index (χ4v) is 1.07. The lowest BCUT2D eigenvalue weighted by Gasteiger charge is -2.30. The van der Waals surface area contributed by atoms with Gasteiger partial charge in [0.2, 0.25) is 0 Å². The zero-order chi connectivity index (χ0) is 7.56. The molecule has 1 fully saturated rings. The molecule has 10 heavy (non-hydrogen) atoms. The van der Waals surface area contributed by atoms with Crippen molar-refractivity contribution in [3.63, 3.8) is 0 Å². The van der Waals surface area contributed by atoms with Crippen LogP contribution in [-0.2, 0) is 4.74 Å². The van der Waals surface area contributed by atoms with Crippen LogP contribution in [0.2, 0.25) is 0 Å². The number of nitrogens with two attached hydrogens (primary N) is 1. The van der Waals surface area contributed by atoms with Gasteiger partial charge in [0, 0.05) is 13.0 Å². The molecule has 1 heterocycles. The topological polar surface area (TPSA) is 75.7 Å². The standard InChI is InChI=1S/C6H13NO3/c7-3-5-4(8)1-2-6(9)10-5/h4-6,8-9H,1-3,7H2. The number of ether oxygens (including phenoxy) is 1. The smallest absolute Gasteiger partial charge is 0.155 e. The Bertz CT molecular complexity index is 109. The Kier molecular flexibility index (Phi) is 2.62. The van der Waals surface area contributed by atoms with E-state index < -0.39 is 12.4 Å². The van der Waals surface area contributed by atoms with Crippen LogP contribution in [0.25, 0.3) is 0 Å². The SMILES string of the molecule is NCC1OC(O)CCC1O. The minimum absolute atomic E-state index is 0.262. The van der Waals surface area contributed by atoms with E-state index in [2.05, 4.69) is 0 Å². The second kappa shape index (κ2) is 3.30. The van der Waals surface area contributed by atoms with Crippen LogP contribution in [0.5, 0.6) is 0 Å². The van der Waals surface area contributed by atoms with Crippen molar-refractivity contribution in [3.8, 4) is 0 Å². The number of hydrogen-bond acceptors (Lipinski definition) is 4. The van der Waals surface area contributed by atoms with E-state index in [1.54, 1.807) is 0 Å². The van der Waals surface area contributed by atoms with Gasteiger partial charge >= 0.3 is 0 Å². The Balaban J connectivity index is 2.38. The molecule has 1 aliphatic heterocycles. The highest BCUT2D eigenvalue weighted by Crippen LogP contribution is 2.16. The van der Waals surface area contributed by atoms with E-state index in [4.69, 9.17) is 15.6 Å². The summed E-state index contributed by atoms with van der Waals surface area (Å²) in [6, 6.07) is 0. The van der Waals surface area contributed by atoms with Gasteiger partial charge in [-0.05, 0) is 6.42 Å². The van der Waals surface area contributed by atoms with E-state index >= 15 is 0 Å². The van der Waals surface area contributed by atoms with Crippen molar-refractivity contribution >= 4 is 0 Å². The van der Waals surface area contributed by atoms with Crippen molar-refractivity contribution in [2.45, 2.75) is 31.3 Å². The summed E-state index contributed by atoms with van der Waals surface area (Å²) in [6.07, 6.45) is -0.560. The summed E-state index contributed by atoms with van der Waals surface area (Å²) in [5, 5.41) is 18.1. The van der Waals surface area contributed by atoms with Gasteiger partial charge in [-0.1, -0.05) is 0 Å². The van der Waals surface area contributed by atoms with Crippen molar-refractivity contribution < 1.29 is 14.9 Å².